The van der Waals surface area contributed by atoms with Gasteiger partial charge in [-0.1, -0.05) is 6.42 Å². The second kappa shape index (κ2) is 3.73. The van der Waals surface area contributed by atoms with Crippen LogP contribution in [0.25, 0.3) is 11.0 Å². The van der Waals surface area contributed by atoms with E-state index in [1.807, 2.05) is 6.92 Å². The molecule has 1 fully saturated rings. The Morgan fingerprint density at radius 3 is 2.78 bits per heavy atom. The molecular weight excluding hydrogens is 230 g/mol. The van der Waals surface area contributed by atoms with Crippen molar-refractivity contribution in [3.8, 4) is 0 Å². The lowest BCUT2D eigenvalue weighted by Crippen LogP contribution is -2.33. The van der Waals surface area contributed by atoms with E-state index >= 15 is 0 Å². The number of hydrogen-bond donors (Lipinski definition) is 2. The van der Waals surface area contributed by atoms with Crippen molar-refractivity contribution in [1.29, 1.82) is 0 Å². The number of aromatic amines is 1. The standard InChI is InChI=1S/C13H15N3O2/c1-7-5-10-11(6-9(7)14)16(13(18)15-10)12(17)8-3-2-4-8/h5-6,8H,2-4,14H2,1H3,(H,15,18). The highest BCUT2D eigenvalue weighted by molar-refractivity contribution is 5.93. The molecule has 0 bridgehead atoms. The number of aryl methyl sites for hydroxylation is 1. The molecule has 5 heteroatoms. The van der Waals surface area contributed by atoms with E-state index in [0.717, 1.165) is 24.8 Å². The molecule has 0 spiro atoms. The number of fused-ring (bicyclic) bond motifs is 1. The first-order valence-corrected chi connectivity index (χ1v) is 6.13. The fraction of sp³-hybridized carbons (Fsp3) is 0.385. The van der Waals surface area contributed by atoms with Crippen LogP contribution < -0.4 is 11.4 Å². The summed E-state index contributed by atoms with van der Waals surface area (Å²) in [6.45, 7) is 1.87. The quantitative estimate of drug-likeness (QED) is 0.750. The van der Waals surface area contributed by atoms with Crippen molar-refractivity contribution in [1.82, 2.24) is 9.55 Å². The molecule has 3 N–H and O–H groups in total. The summed E-state index contributed by atoms with van der Waals surface area (Å²) in [6.07, 6.45) is 2.81. The molecule has 5 nitrogen and oxygen atoms in total. The summed E-state index contributed by atoms with van der Waals surface area (Å²) in [4.78, 5) is 26.8. The number of nitrogens with two attached hydrogens (primary N) is 1. The molecule has 1 heterocycles. The van der Waals surface area contributed by atoms with Crippen LogP contribution in [0.5, 0.6) is 0 Å². The van der Waals surface area contributed by atoms with Crippen LogP contribution in [0.1, 0.15) is 29.6 Å². The number of nitrogens with one attached hydrogen (secondary N) is 1. The Bertz CT molecular complexity index is 692. The molecular formula is C13H15N3O2. The molecule has 1 aromatic heterocycles. The van der Waals surface area contributed by atoms with Crippen molar-refractivity contribution in [2.24, 2.45) is 5.92 Å². The molecule has 0 unspecified atom stereocenters. The van der Waals surface area contributed by atoms with Gasteiger partial charge in [-0.15, -0.1) is 0 Å². The maximum Gasteiger partial charge on any atom is 0.333 e. The predicted octanol–water partition coefficient (Wildman–Crippen LogP) is 1.66. The van der Waals surface area contributed by atoms with Crippen LogP contribution in [-0.4, -0.2) is 15.5 Å². The van der Waals surface area contributed by atoms with Crippen molar-refractivity contribution in [2.75, 3.05) is 5.73 Å². The number of aromatic nitrogens is 2. The number of anilines is 1. The number of carbonyl (C=O) groups is 1. The van der Waals surface area contributed by atoms with Gasteiger partial charge >= 0.3 is 5.69 Å². The molecule has 2 aromatic rings. The summed E-state index contributed by atoms with van der Waals surface area (Å²) < 4.78 is 1.23. The van der Waals surface area contributed by atoms with Gasteiger partial charge in [0, 0.05) is 11.6 Å². The maximum absolute atomic E-state index is 12.2. The van der Waals surface area contributed by atoms with Crippen molar-refractivity contribution in [2.45, 2.75) is 26.2 Å². The van der Waals surface area contributed by atoms with E-state index in [2.05, 4.69) is 4.98 Å². The van der Waals surface area contributed by atoms with Crippen molar-refractivity contribution in [3.05, 3.63) is 28.2 Å². The first-order chi connectivity index (χ1) is 8.58. The lowest BCUT2D eigenvalue weighted by molar-refractivity contribution is 0.0766. The van der Waals surface area contributed by atoms with Gasteiger partial charge in [0.05, 0.1) is 11.0 Å². The van der Waals surface area contributed by atoms with Gasteiger partial charge in [0.25, 0.3) is 0 Å². The Labute approximate surface area is 104 Å². The number of benzene rings is 1. The average Bonchev–Trinajstić information content (AvgIpc) is 2.52. The average molecular weight is 245 g/mol. The van der Waals surface area contributed by atoms with E-state index in [1.54, 1.807) is 12.1 Å². The molecule has 0 saturated heterocycles. The number of nitrogens with zero attached hydrogens (tertiary/aromatic N) is 1. The third kappa shape index (κ3) is 1.47. The molecule has 0 amide bonds. The topological polar surface area (TPSA) is 80.9 Å². The largest absolute Gasteiger partial charge is 0.398 e. The van der Waals surface area contributed by atoms with Gasteiger partial charge in [-0.25, -0.2) is 9.36 Å². The van der Waals surface area contributed by atoms with Crippen LogP contribution in [0, 0.1) is 12.8 Å². The minimum absolute atomic E-state index is 0.00997. The third-order valence-corrected chi connectivity index (χ3v) is 3.74. The van der Waals surface area contributed by atoms with Gasteiger partial charge < -0.3 is 10.7 Å². The van der Waals surface area contributed by atoms with Gasteiger partial charge in [-0.3, -0.25) is 4.79 Å². The van der Waals surface area contributed by atoms with Crippen LogP contribution in [0.2, 0.25) is 0 Å². The van der Waals surface area contributed by atoms with Gasteiger partial charge in [-0.2, -0.15) is 0 Å². The van der Waals surface area contributed by atoms with Crippen LogP contribution in [0.4, 0.5) is 5.69 Å². The Morgan fingerprint density at radius 2 is 2.17 bits per heavy atom. The summed E-state index contributed by atoms with van der Waals surface area (Å²) in [7, 11) is 0. The van der Waals surface area contributed by atoms with Gasteiger partial charge in [-0.05, 0) is 37.5 Å². The summed E-state index contributed by atoms with van der Waals surface area (Å²) in [5.41, 5.74) is 8.22. The number of hydrogen-bond acceptors (Lipinski definition) is 3. The molecule has 1 aliphatic carbocycles. The Morgan fingerprint density at radius 1 is 1.44 bits per heavy atom. The second-order valence-corrected chi connectivity index (χ2v) is 4.96. The smallest absolute Gasteiger partial charge is 0.333 e. The van der Waals surface area contributed by atoms with Gasteiger partial charge in [0.2, 0.25) is 5.91 Å². The predicted molar refractivity (Wildman–Crippen MR) is 69.7 cm³/mol. The van der Waals surface area contributed by atoms with E-state index in [4.69, 9.17) is 5.73 Å². The van der Waals surface area contributed by atoms with Gasteiger partial charge in [0.1, 0.15) is 0 Å². The lowest BCUT2D eigenvalue weighted by Gasteiger charge is -2.23. The Balaban J connectivity index is 2.21. The molecule has 18 heavy (non-hydrogen) atoms. The fourth-order valence-electron chi connectivity index (χ4n) is 2.33. The van der Waals surface area contributed by atoms with Crippen molar-refractivity contribution >= 4 is 22.6 Å². The lowest BCUT2D eigenvalue weighted by atomic mass is 9.85. The molecule has 94 valence electrons. The monoisotopic (exact) mass is 245 g/mol. The van der Waals surface area contributed by atoms with Crippen molar-refractivity contribution < 1.29 is 4.79 Å². The normalized spacial score (nSPS) is 15.8. The third-order valence-electron chi connectivity index (χ3n) is 3.74. The number of rotatable bonds is 1. The zero-order valence-corrected chi connectivity index (χ0v) is 10.2. The first-order valence-electron chi connectivity index (χ1n) is 6.13. The first kappa shape index (κ1) is 11.1. The summed E-state index contributed by atoms with van der Waals surface area (Å²) in [5, 5.41) is 0. The number of H-pyrrole nitrogens is 1. The van der Waals surface area contributed by atoms with Crippen LogP contribution in [0.15, 0.2) is 16.9 Å². The zero-order chi connectivity index (χ0) is 12.9. The van der Waals surface area contributed by atoms with Crippen LogP contribution >= 0.6 is 0 Å². The minimum Gasteiger partial charge on any atom is -0.398 e. The second-order valence-electron chi connectivity index (χ2n) is 4.96. The molecule has 0 radical (unpaired) electrons. The number of imidazole rings is 1. The Kier molecular flexibility index (Phi) is 2.29. The van der Waals surface area contributed by atoms with E-state index in [1.165, 1.54) is 4.57 Å². The molecule has 1 saturated carbocycles. The molecule has 1 aromatic carbocycles. The van der Waals surface area contributed by atoms with Gasteiger partial charge in [0.15, 0.2) is 0 Å². The SMILES string of the molecule is Cc1cc2[nH]c(=O)n(C(=O)C3CCC3)c2cc1N. The molecule has 0 aliphatic heterocycles. The highest BCUT2D eigenvalue weighted by Gasteiger charge is 2.28. The fourth-order valence-corrected chi connectivity index (χ4v) is 2.33. The van der Waals surface area contributed by atoms with Crippen LogP contribution in [-0.2, 0) is 0 Å². The highest BCUT2D eigenvalue weighted by atomic mass is 16.2. The number of carbonyl (C=O) groups excluding carboxylic acids is 1. The van der Waals surface area contributed by atoms with Crippen LogP contribution in [0.3, 0.4) is 0 Å². The van der Waals surface area contributed by atoms with Crippen molar-refractivity contribution in [3.63, 3.8) is 0 Å². The summed E-state index contributed by atoms with van der Waals surface area (Å²) in [6, 6.07) is 3.50. The minimum atomic E-state index is -0.369. The zero-order valence-electron chi connectivity index (χ0n) is 10.2. The molecule has 1 aliphatic rings. The molecule has 0 atom stereocenters. The van der Waals surface area contributed by atoms with E-state index in [0.29, 0.717) is 16.7 Å². The van der Waals surface area contributed by atoms with E-state index in [-0.39, 0.29) is 17.5 Å². The maximum atomic E-state index is 12.2. The summed E-state index contributed by atoms with van der Waals surface area (Å²) >= 11 is 0. The Hall–Kier alpha value is -2.04. The highest BCUT2D eigenvalue weighted by Crippen LogP contribution is 2.29. The van der Waals surface area contributed by atoms with E-state index in [9.17, 15) is 9.59 Å². The summed E-state index contributed by atoms with van der Waals surface area (Å²) in [5.74, 6) is -0.120. The van der Waals surface area contributed by atoms with E-state index < -0.39 is 0 Å². The number of nitrogen functional groups attached to an aromatic ring is 1. The molecule has 3 rings (SSSR count).